The van der Waals surface area contributed by atoms with Crippen LogP contribution in [0, 0.1) is 0 Å². The number of anilines is 1. The van der Waals surface area contributed by atoms with Gasteiger partial charge in [-0.1, -0.05) is 47.6 Å². The van der Waals surface area contributed by atoms with E-state index in [-0.39, 0.29) is 25.5 Å². The Morgan fingerprint density at radius 2 is 1.82 bits per heavy atom. The smallest absolute Gasteiger partial charge is 0.270 e. The molecule has 4 rings (SSSR count). The summed E-state index contributed by atoms with van der Waals surface area (Å²) in [6, 6.07) is 24.1. The molecule has 0 aromatic heterocycles. The molecule has 3 N–H and O–H groups in total. The number of ether oxygens (including phenoxy) is 2. The fraction of sp³-hybridized carbons (Fsp3) is 0.286. The van der Waals surface area contributed by atoms with Gasteiger partial charge in [-0.25, -0.2) is 4.99 Å². The number of azide groups is 1. The summed E-state index contributed by atoms with van der Waals surface area (Å²) < 4.78 is 11.8. The van der Waals surface area contributed by atoms with E-state index in [0.717, 1.165) is 16.8 Å². The van der Waals surface area contributed by atoms with E-state index in [1.807, 2.05) is 73.7 Å². The minimum Gasteiger partial charge on any atom is -0.494 e. The molecule has 1 heterocycles. The molecule has 0 radical (unpaired) electrons. The first-order chi connectivity index (χ1) is 18.6. The third-order valence-corrected chi connectivity index (χ3v) is 6.30. The Labute approximate surface area is 220 Å². The zero-order valence-electron chi connectivity index (χ0n) is 21.1. The van der Waals surface area contributed by atoms with Crippen molar-refractivity contribution in [1.82, 2.24) is 5.43 Å². The van der Waals surface area contributed by atoms with Crippen LogP contribution >= 0.6 is 0 Å². The summed E-state index contributed by atoms with van der Waals surface area (Å²) in [5.74, 6) is 0.657. The van der Waals surface area contributed by atoms with Gasteiger partial charge in [-0.05, 0) is 60.0 Å². The quantitative estimate of drug-likeness (QED) is 0.107. The summed E-state index contributed by atoms with van der Waals surface area (Å²) in [7, 11) is 0. The van der Waals surface area contributed by atoms with Crippen molar-refractivity contribution in [2.75, 3.05) is 18.6 Å². The zero-order chi connectivity index (χ0) is 26.8. The highest BCUT2D eigenvalue weighted by molar-refractivity contribution is 6.01. The van der Waals surface area contributed by atoms with E-state index in [1.54, 1.807) is 12.1 Å². The average Bonchev–Trinajstić information content (AvgIpc) is 3.29. The summed E-state index contributed by atoms with van der Waals surface area (Å²) in [6.45, 7) is 2.46. The van der Waals surface area contributed by atoms with Gasteiger partial charge in [-0.15, -0.1) is 0 Å². The highest BCUT2D eigenvalue weighted by atomic mass is 16.5. The van der Waals surface area contributed by atoms with Gasteiger partial charge in [0.1, 0.15) is 11.9 Å². The number of hydrogen-bond donors (Lipinski definition) is 3. The van der Waals surface area contributed by atoms with Crippen LogP contribution in [-0.2, 0) is 22.5 Å². The van der Waals surface area contributed by atoms with Gasteiger partial charge < -0.3 is 14.6 Å². The molecule has 0 fully saturated rings. The van der Waals surface area contributed by atoms with Crippen molar-refractivity contribution in [3.05, 3.63) is 106 Å². The van der Waals surface area contributed by atoms with Crippen molar-refractivity contribution in [2.45, 2.75) is 38.0 Å². The Morgan fingerprint density at radius 1 is 1.11 bits per heavy atom. The van der Waals surface area contributed by atoms with Crippen LogP contribution in [0.15, 0.2) is 89.0 Å². The molecular weight excluding hydrogens is 484 g/mol. The number of hydrogen-bond acceptors (Lipinski definition) is 7. The maximum Gasteiger partial charge on any atom is 0.270 e. The van der Waals surface area contributed by atoms with Crippen LogP contribution in [-0.4, -0.2) is 41.8 Å². The number of carbonyl (C=O) groups is 1. The van der Waals surface area contributed by atoms with Crippen molar-refractivity contribution >= 4 is 17.5 Å². The number of nitrogens with one attached hydrogen (secondary N) is 2. The Kier molecular flexibility index (Phi) is 8.81. The number of aliphatic imine (C=N–C) groups is 1. The Hall–Kier alpha value is -4.53. The second kappa shape index (κ2) is 12.6. The third-order valence-electron chi connectivity index (χ3n) is 6.30. The van der Waals surface area contributed by atoms with Gasteiger partial charge in [-0.3, -0.25) is 15.6 Å². The number of aliphatic hydroxyl groups is 1. The number of rotatable bonds is 12. The second-order valence-corrected chi connectivity index (χ2v) is 8.83. The van der Waals surface area contributed by atoms with E-state index in [1.165, 1.54) is 0 Å². The lowest BCUT2D eigenvalue weighted by Crippen LogP contribution is -2.54. The number of para-hydroxylation sites is 1. The summed E-state index contributed by atoms with van der Waals surface area (Å²) in [6.07, 6.45) is 0.188. The van der Waals surface area contributed by atoms with Crippen molar-refractivity contribution < 1.29 is 19.4 Å². The van der Waals surface area contributed by atoms with Gasteiger partial charge in [0.15, 0.2) is 5.54 Å². The molecule has 0 unspecified atom stereocenters. The maximum absolute atomic E-state index is 13.8. The van der Waals surface area contributed by atoms with Gasteiger partial charge in [0.25, 0.3) is 5.91 Å². The molecule has 1 aliphatic rings. The molecular formula is C28H30N6O4. The molecule has 0 bridgehead atoms. The van der Waals surface area contributed by atoms with E-state index in [4.69, 9.17) is 25.1 Å². The Balaban J connectivity index is 1.65. The number of nitrogens with zero attached hydrogens (tertiary/aromatic N) is 4. The molecule has 0 saturated carbocycles. The van der Waals surface area contributed by atoms with E-state index >= 15 is 0 Å². The number of carbonyl (C=O) groups excluding carboxylic acids is 1. The van der Waals surface area contributed by atoms with Crippen molar-refractivity contribution in [3.63, 3.8) is 0 Å². The molecule has 1 aliphatic heterocycles. The predicted molar refractivity (Wildman–Crippen MR) is 145 cm³/mol. The van der Waals surface area contributed by atoms with Crippen LogP contribution in [0.3, 0.4) is 0 Å². The van der Waals surface area contributed by atoms with E-state index in [2.05, 4.69) is 20.9 Å². The average molecular weight is 515 g/mol. The highest BCUT2D eigenvalue weighted by Crippen LogP contribution is 2.34. The summed E-state index contributed by atoms with van der Waals surface area (Å²) in [5, 5.41) is 12.7. The van der Waals surface area contributed by atoms with Gasteiger partial charge in [0.05, 0.1) is 18.8 Å². The zero-order valence-corrected chi connectivity index (χ0v) is 21.1. The normalized spacial score (nSPS) is 18.1. The van der Waals surface area contributed by atoms with E-state index < -0.39 is 11.6 Å². The molecule has 10 heteroatoms. The molecule has 0 saturated heterocycles. The highest BCUT2D eigenvalue weighted by Gasteiger charge is 2.50. The maximum atomic E-state index is 13.8. The van der Waals surface area contributed by atoms with E-state index in [9.17, 15) is 4.79 Å². The number of aliphatic hydroxyl groups excluding tert-OH is 1. The molecule has 2 atom stereocenters. The van der Waals surface area contributed by atoms with Crippen LogP contribution in [0.2, 0.25) is 0 Å². The van der Waals surface area contributed by atoms with Crippen LogP contribution in [0.4, 0.5) is 5.69 Å². The lowest BCUT2D eigenvalue weighted by molar-refractivity contribution is -0.127. The van der Waals surface area contributed by atoms with Gasteiger partial charge in [0, 0.05) is 29.9 Å². The fourth-order valence-electron chi connectivity index (χ4n) is 4.18. The monoisotopic (exact) mass is 514 g/mol. The minimum absolute atomic E-state index is 0.0654. The van der Waals surface area contributed by atoms with Crippen molar-refractivity contribution in [1.29, 1.82) is 0 Å². The number of benzene rings is 3. The number of hydrazine groups is 1. The Morgan fingerprint density at radius 3 is 2.53 bits per heavy atom. The summed E-state index contributed by atoms with van der Waals surface area (Å²) in [5.41, 5.74) is 16.4. The van der Waals surface area contributed by atoms with Crippen LogP contribution < -0.4 is 15.6 Å². The van der Waals surface area contributed by atoms with Gasteiger partial charge in [0.2, 0.25) is 5.90 Å². The molecule has 3 aromatic rings. The van der Waals surface area contributed by atoms with Gasteiger partial charge in [-0.2, -0.15) is 0 Å². The van der Waals surface area contributed by atoms with E-state index in [0.29, 0.717) is 30.2 Å². The largest absolute Gasteiger partial charge is 0.494 e. The first-order valence-corrected chi connectivity index (χ1v) is 12.4. The topological polar surface area (TPSA) is 141 Å². The fourth-order valence-corrected chi connectivity index (χ4v) is 4.18. The SMILES string of the molecule is C[C@@H]1OC(c2ccc(OCCCO)cc2)=N[C@]1(Cc1ccccc1CN=[N+]=[N-])C(=O)NNc1ccccc1. The number of amides is 1. The van der Waals surface area contributed by atoms with Crippen molar-refractivity contribution in [2.24, 2.45) is 10.1 Å². The first-order valence-electron chi connectivity index (χ1n) is 12.4. The van der Waals surface area contributed by atoms with Crippen LogP contribution in [0.5, 0.6) is 5.75 Å². The lowest BCUT2D eigenvalue weighted by atomic mass is 9.84. The molecule has 38 heavy (non-hydrogen) atoms. The minimum atomic E-state index is -1.29. The molecule has 3 aromatic carbocycles. The molecule has 0 spiro atoms. The second-order valence-electron chi connectivity index (χ2n) is 8.83. The van der Waals surface area contributed by atoms with Crippen molar-refractivity contribution in [3.8, 4) is 5.75 Å². The lowest BCUT2D eigenvalue weighted by Gasteiger charge is -2.29. The Bertz CT molecular complexity index is 1310. The van der Waals surface area contributed by atoms with Gasteiger partial charge >= 0.3 is 0 Å². The molecule has 196 valence electrons. The molecule has 10 nitrogen and oxygen atoms in total. The molecule has 1 amide bonds. The molecule has 0 aliphatic carbocycles. The third kappa shape index (κ3) is 6.23. The summed E-state index contributed by atoms with van der Waals surface area (Å²) in [4.78, 5) is 21.5. The standard InChI is InChI=1S/C28H30N6O4/c1-20-28(27(36)33-32-24-10-3-2-4-11-24,18-22-8-5-6-9-23(22)19-30-34-29)31-26(38-20)21-12-14-25(15-13-21)37-17-7-16-35/h2-6,8-15,20,32,35H,7,16-19H2,1H3,(H,33,36)/t20-,28-/m0/s1. The first kappa shape index (κ1) is 26.5. The summed E-state index contributed by atoms with van der Waals surface area (Å²) >= 11 is 0. The predicted octanol–water partition coefficient (Wildman–Crippen LogP) is 4.55. The van der Waals surface area contributed by atoms with Crippen LogP contribution in [0.25, 0.3) is 10.4 Å². The van der Waals surface area contributed by atoms with Crippen LogP contribution in [0.1, 0.15) is 30.0 Å².